The molecule has 0 spiro atoms. The van der Waals surface area contributed by atoms with Gasteiger partial charge in [0.15, 0.2) is 0 Å². The van der Waals surface area contributed by atoms with E-state index in [1.54, 1.807) is 12.1 Å². The minimum absolute atomic E-state index is 0.109. The number of aromatic hydroxyl groups is 1. The maximum absolute atomic E-state index is 12.3. The van der Waals surface area contributed by atoms with Crippen LogP contribution in [-0.2, 0) is 6.42 Å². The van der Waals surface area contributed by atoms with Crippen LogP contribution in [0.3, 0.4) is 0 Å². The van der Waals surface area contributed by atoms with Crippen molar-refractivity contribution in [2.45, 2.75) is 32.4 Å². The van der Waals surface area contributed by atoms with Crippen LogP contribution < -0.4 is 5.56 Å². The number of pyridine rings is 1. The van der Waals surface area contributed by atoms with Crippen LogP contribution in [0.15, 0.2) is 41.3 Å². The summed E-state index contributed by atoms with van der Waals surface area (Å²) in [6.45, 7) is 3.91. The van der Waals surface area contributed by atoms with Gasteiger partial charge in [-0.25, -0.2) is 0 Å². The average Bonchev–Trinajstić information content (AvgIpc) is 2.49. The first kappa shape index (κ1) is 15.3. The number of hydrogen-bond acceptors (Lipinski definition) is 4. The molecule has 5 heteroatoms. The molecule has 2 aromatic rings. The lowest BCUT2D eigenvalue weighted by molar-refractivity contribution is 0.00815. The Morgan fingerprint density at radius 1 is 1.30 bits per heavy atom. The summed E-state index contributed by atoms with van der Waals surface area (Å²) >= 11 is 0. The molecule has 0 amide bonds. The summed E-state index contributed by atoms with van der Waals surface area (Å²) in [7, 11) is 0. The molecule has 2 atom stereocenters. The molecule has 1 heterocycles. The van der Waals surface area contributed by atoms with Crippen molar-refractivity contribution in [3.63, 3.8) is 0 Å². The minimum Gasteiger partial charge on any atom is -0.508 e. The molecular weight excluding hydrogens is 292 g/mol. The molecule has 0 saturated heterocycles. The standard InChI is InChI=1S/C18H18N2O3/c1-18(2)9-12-4-3-11(10-19)7-14(12)16(17(18)23)20-6-5-13(21)8-15(20)22/h3-8,16-17,21,23H,9H2,1-2H3. The number of aliphatic hydroxyl groups excluding tert-OH is 1. The van der Waals surface area contributed by atoms with E-state index in [0.29, 0.717) is 12.0 Å². The average molecular weight is 310 g/mol. The van der Waals surface area contributed by atoms with Gasteiger partial charge in [-0.3, -0.25) is 4.79 Å². The fourth-order valence-electron chi connectivity index (χ4n) is 3.30. The second-order valence-corrected chi connectivity index (χ2v) is 6.71. The highest BCUT2D eigenvalue weighted by molar-refractivity contribution is 5.43. The molecule has 1 aliphatic carbocycles. The molecule has 1 aliphatic rings. The third-order valence-electron chi connectivity index (χ3n) is 4.57. The number of aliphatic hydroxyl groups is 1. The quantitative estimate of drug-likeness (QED) is 0.843. The second kappa shape index (κ2) is 5.25. The fourth-order valence-corrected chi connectivity index (χ4v) is 3.30. The van der Waals surface area contributed by atoms with Gasteiger partial charge in [0.2, 0.25) is 0 Å². The Hall–Kier alpha value is -2.58. The number of fused-ring (bicyclic) bond motifs is 1. The van der Waals surface area contributed by atoms with E-state index in [0.717, 1.165) is 17.2 Å². The van der Waals surface area contributed by atoms with E-state index >= 15 is 0 Å². The maximum Gasteiger partial charge on any atom is 0.254 e. The molecule has 0 fully saturated rings. The molecule has 23 heavy (non-hydrogen) atoms. The van der Waals surface area contributed by atoms with Crippen molar-refractivity contribution in [1.82, 2.24) is 4.57 Å². The molecular formula is C18H18N2O3. The molecule has 3 rings (SSSR count). The highest BCUT2D eigenvalue weighted by Gasteiger charge is 2.42. The Bertz CT molecular complexity index is 861. The first-order chi connectivity index (χ1) is 10.8. The summed E-state index contributed by atoms with van der Waals surface area (Å²) in [6, 6.07) is 9.43. The predicted molar refractivity (Wildman–Crippen MR) is 85.2 cm³/mol. The summed E-state index contributed by atoms with van der Waals surface area (Å²) in [5.74, 6) is -0.109. The van der Waals surface area contributed by atoms with E-state index in [1.165, 1.54) is 16.8 Å². The van der Waals surface area contributed by atoms with Crippen LogP contribution in [-0.4, -0.2) is 20.9 Å². The number of hydrogen-bond donors (Lipinski definition) is 2. The van der Waals surface area contributed by atoms with Gasteiger partial charge in [0.05, 0.1) is 23.8 Å². The zero-order valence-electron chi connectivity index (χ0n) is 13.0. The maximum atomic E-state index is 12.3. The van der Waals surface area contributed by atoms with Crippen LogP contribution in [0.4, 0.5) is 0 Å². The van der Waals surface area contributed by atoms with Crippen LogP contribution in [0.25, 0.3) is 0 Å². The van der Waals surface area contributed by atoms with Crippen LogP contribution in [0, 0.1) is 16.7 Å². The summed E-state index contributed by atoms with van der Waals surface area (Å²) < 4.78 is 1.42. The number of benzene rings is 1. The lowest BCUT2D eigenvalue weighted by atomic mass is 9.69. The highest BCUT2D eigenvalue weighted by atomic mass is 16.3. The molecule has 2 N–H and O–H groups in total. The van der Waals surface area contributed by atoms with Crippen LogP contribution in [0.2, 0.25) is 0 Å². The first-order valence-corrected chi connectivity index (χ1v) is 7.45. The largest absolute Gasteiger partial charge is 0.508 e. The van der Waals surface area contributed by atoms with E-state index in [1.807, 2.05) is 19.9 Å². The predicted octanol–water partition coefficient (Wildman–Crippen LogP) is 1.96. The first-order valence-electron chi connectivity index (χ1n) is 7.45. The van der Waals surface area contributed by atoms with Crippen molar-refractivity contribution >= 4 is 0 Å². The van der Waals surface area contributed by atoms with Gasteiger partial charge in [-0.1, -0.05) is 19.9 Å². The molecule has 1 aromatic carbocycles. The van der Waals surface area contributed by atoms with E-state index < -0.39 is 17.6 Å². The Balaban J connectivity index is 2.26. The van der Waals surface area contributed by atoms with E-state index in [4.69, 9.17) is 5.26 Å². The summed E-state index contributed by atoms with van der Waals surface area (Å²) in [6.07, 6.45) is 1.36. The third-order valence-corrected chi connectivity index (χ3v) is 4.57. The normalized spacial score (nSPS) is 22.2. The zero-order valence-corrected chi connectivity index (χ0v) is 13.0. The van der Waals surface area contributed by atoms with Gasteiger partial charge >= 0.3 is 0 Å². The van der Waals surface area contributed by atoms with E-state index in [2.05, 4.69) is 6.07 Å². The van der Waals surface area contributed by atoms with Crippen LogP contribution in [0.5, 0.6) is 5.75 Å². The third kappa shape index (κ3) is 2.51. The molecule has 0 bridgehead atoms. The summed E-state index contributed by atoms with van der Waals surface area (Å²) in [4.78, 5) is 12.3. The molecule has 0 aliphatic heterocycles. The number of rotatable bonds is 1. The SMILES string of the molecule is CC1(C)Cc2ccc(C#N)cc2C(n2ccc(O)cc2=O)C1O. The number of nitriles is 1. The molecule has 118 valence electrons. The van der Waals surface area contributed by atoms with Crippen molar-refractivity contribution in [3.8, 4) is 11.8 Å². The molecule has 0 saturated carbocycles. The fraction of sp³-hybridized carbons (Fsp3) is 0.333. The van der Waals surface area contributed by atoms with Crippen LogP contribution in [0.1, 0.15) is 36.6 Å². The van der Waals surface area contributed by atoms with Gasteiger partial charge in [-0.15, -0.1) is 0 Å². The topological polar surface area (TPSA) is 86.3 Å². The Morgan fingerprint density at radius 2 is 2.04 bits per heavy atom. The monoisotopic (exact) mass is 310 g/mol. The van der Waals surface area contributed by atoms with E-state index in [9.17, 15) is 15.0 Å². The van der Waals surface area contributed by atoms with Gasteiger partial charge < -0.3 is 14.8 Å². The molecule has 0 radical (unpaired) electrons. The summed E-state index contributed by atoms with van der Waals surface area (Å²) in [5.41, 5.74) is 1.49. The lowest BCUT2D eigenvalue weighted by Gasteiger charge is -2.42. The lowest BCUT2D eigenvalue weighted by Crippen LogP contribution is -2.46. The van der Waals surface area contributed by atoms with Gasteiger partial charge in [0.1, 0.15) is 5.75 Å². The van der Waals surface area contributed by atoms with Crippen molar-refractivity contribution in [2.24, 2.45) is 5.41 Å². The minimum atomic E-state index is -0.786. The van der Waals surface area contributed by atoms with Crippen molar-refractivity contribution in [1.29, 1.82) is 5.26 Å². The Kier molecular flexibility index (Phi) is 3.50. The summed E-state index contributed by atoms with van der Waals surface area (Å²) in [5, 5.41) is 29.5. The van der Waals surface area contributed by atoms with Gasteiger partial charge in [0, 0.05) is 12.3 Å². The molecule has 1 aromatic heterocycles. The smallest absolute Gasteiger partial charge is 0.254 e. The van der Waals surface area contributed by atoms with Crippen molar-refractivity contribution < 1.29 is 10.2 Å². The van der Waals surface area contributed by atoms with E-state index in [-0.39, 0.29) is 11.3 Å². The van der Waals surface area contributed by atoms with Gasteiger partial charge in [-0.2, -0.15) is 5.26 Å². The zero-order chi connectivity index (χ0) is 16.8. The van der Waals surface area contributed by atoms with Gasteiger partial charge in [-0.05, 0) is 41.2 Å². The van der Waals surface area contributed by atoms with Gasteiger partial charge in [0.25, 0.3) is 5.56 Å². The van der Waals surface area contributed by atoms with Crippen molar-refractivity contribution in [2.75, 3.05) is 0 Å². The molecule has 5 nitrogen and oxygen atoms in total. The number of aromatic nitrogens is 1. The Morgan fingerprint density at radius 3 is 2.70 bits per heavy atom. The Labute approximate surface area is 134 Å². The molecule has 2 unspecified atom stereocenters. The second-order valence-electron chi connectivity index (χ2n) is 6.71. The number of nitrogens with zero attached hydrogens (tertiary/aromatic N) is 2. The van der Waals surface area contributed by atoms with Crippen LogP contribution >= 0.6 is 0 Å². The van der Waals surface area contributed by atoms with Crippen molar-refractivity contribution in [3.05, 3.63) is 63.6 Å². The highest BCUT2D eigenvalue weighted by Crippen LogP contribution is 2.42.